The molecule has 0 fully saturated rings. The Labute approximate surface area is 297 Å². The van der Waals surface area contributed by atoms with E-state index < -0.39 is 11.9 Å². The molecule has 0 saturated carbocycles. The van der Waals surface area contributed by atoms with E-state index in [4.69, 9.17) is 9.84 Å². The van der Waals surface area contributed by atoms with Crippen molar-refractivity contribution in [1.29, 1.82) is 0 Å². The molecule has 0 atom stereocenters. The Morgan fingerprint density at radius 2 is 1.12 bits per heavy atom. The Bertz CT molecular complexity index is 1610. The van der Waals surface area contributed by atoms with E-state index in [0.29, 0.717) is 5.75 Å². The second-order valence-electron chi connectivity index (χ2n) is 11.0. The van der Waals surface area contributed by atoms with Gasteiger partial charge in [-0.1, -0.05) is 118 Å². The molecule has 0 amide bonds. The summed E-state index contributed by atoms with van der Waals surface area (Å²) in [5.41, 5.74) is 4.88. The van der Waals surface area contributed by atoms with Gasteiger partial charge in [0.1, 0.15) is 17.1 Å². The van der Waals surface area contributed by atoms with Crippen LogP contribution in [0.15, 0.2) is 122 Å². The second-order valence-corrected chi connectivity index (χ2v) is 11.0. The number of carboxylic acids is 2. The van der Waals surface area contributed by atoms with Gasteiger partial charge in [-0.2, -0.15) is 0 Å². The number of carbonyl (C=O) groups is 2. The number of aromatic hydroxyl groups is 1. The molecule has 0 heterocycles. The first kappa shape index (κ1) is 43.0. The van der Waals surface area contributed by atoms with Crippen LogP contribution in [0.1, 0.15) is 63.3 Å². The summed E-state index contributed by atoms with van der Waals surface area (Å²) in [6, 6.07) is 27.7. The molecule has 246 valence electrons. The van der Waals surface area contributed by atoms with E-state index in [-0.39, 0.29) is 36.2 Å². The van der Waals surface area contributed by atoms with Crippen LogP contribution in [0.2, 0.25) is 0 Å². The molecule has 0 unspecified atom stereocenters. The monoisotopic (exact) mass is 696 g/mol. The molecule has 48 heavy (non-hydrogen) atoms. The van der Waals surface area contributed by atoms with Crippen LogP contribution in [-0.2, 0) is 29.1 Å². The minimum atomic E-state index is -1.19. The first-order valence-corrected chi connectivity index (χ1v) is 14.9. The van der Waals surface area contributed by atoms with Gasteiger partial charge in [0.15, 0.2) is 0 Å². The van der Waals surface area contributed by atoms with Crippen LogP contribution in [-0.4, -0.2) is 22.6 Å². The summed E-state index contributed by atoms with van der Waals surface area (Å²) < 4.78 is 5.82. The van der Waals surface area contributed by atoms with Crippen molar-refractivity contribution in [3.63, 3.8) is 0 Å². The van der Waals surface area contributed by atoms with Crippen molar-refractivity contribution in [3.8, 4) is 11.5 Å². The summed E-state index contributed by atoms with van der Waals surface area (Å²) in [5, 5.41) is 30.5. The van der Waals surface area contributed by atoms with Crippen LogP contribution in [0.25, 0.3) is 35.1 Å². The maximum atomic E-state index is 9.49. The molecule has 4 aromatic carbocycles. The van der Waals surface area contributed by atoms with E-state index in [1.54, 1.807) is 18.2 Å². The summed E-state index contributed by atoms with van der Waals surface area (Å²) in [5.74, 6) is -1.16. The molecule has 0 radical (unpaired) electrons. The minimum Gasteiger partial charge on any atom is -0.545 e. The Hall–Kier alpha value is -5.00. The van der Waals surface area contributed by atoms with Crippen molar-refractivity contribution < 1.29 is 49.1 Å². The largest absolute Gasteiger partial charge is 2.00 e. The fourth-order valence-electron chi connectivity index (χ4n) is 3.53. The Morgan fingerprint density at radius 3 is 1.46 bits per heavy atom. The van der Waals surface area contributed by atoms with Gasteiger partial charge >= 0.3 is 19.5 Å². The maximum absolute atomic E-state index is 9.49. The van der Waals surface area contributed by atoms with Gasteiger partial charge in [-0.3, -0.25) is 0 Å². The maximum Gasteiger partial charge on any atom is 2.00 e. The molecule has 0 aliphatic heterocycles. The number of ether oxygens (including phenoxy) is 1. The predicted octanol–water partition coefficient (Wildman–Crippen LogP) is 7.88. The molecule has 4 aromatic rings. The van der Waals surface area contributed by atoms with Crippen LogP contribution >= 0.6 is 0 Å². The Balaban J connectivity index is 0.000000597. The van der Waals surface area contributed by atoms with Gasteiger partial charge in [0, 0.05) is 0 Å². The van der Waals surface area contributed by atoms with Gasteiger partial charge in [0.25, 0.3) is 0 Å². The van der Waals surface area contributed by atoms with Gasteiger partial charge in [-0.05, 0) is 103 Å². The van der Waals surface area contributed by atoms with E-state index in [9.17, 15) is 19.8 Å². The van der Waals surface area contributed by atoms with E-state index in [1.807, 2.05) is 42.5 Å². The summed E-state index contributed by atoms with van der Waals surface area (Å²) in [7, 11) is 0. The summed E-state index contributed by atoms with van der Waals surface area (Å²) >= 11 is 0. The first-order chi connectivity index (χ1) is 22.1. The fraction of sp³-hybridized carbons (Fsp3) is 0.171. The van der Waals surface area contributed by atoms with Crippen LogP contribution < -0.4 is 14.9 Å². The number of carboxylic acid groups (broad SMARTS) is 2. The number of phenolic OH excluding ortho intramolecular Hbond substituents is 1. The Morgan fingerprint density at radius 1 is 0.750 bits per heavy atom. The number of aliphatic carboxylic acids is 2. The second kappa shape index (κ2) is 21.7. The zero-order valence-electron chi connectivity index (χ0n) is 28.6. The fourth-order valence-corrected chi connectivity index (χ4v) is 3.53. The van der Waals surface area contributed by atoms with Crippen molar-refractivity contribution in [3.05, 3.63) is 145 Å². The standard InChI is InChI=1S/C13H18O.C12H8.C8H8O.2C4H6O2.Zn/c1-5-11-7-9-12(10-8-11)14-13(3,4)6-2;1-3-9-4-2-6-11-8-7-10(5-1)12(9)11;1-2-7-3-5-8(9)6-4-7;2*1-3(2)4(5)6;/h5,7-10H,1,6H2,2-4H3;1-8H;2-6,9H,1H2;2*1H2,2H3,(H,5,6);/q;;;;;+2/p-2. The molecule has 1 aliphatic rings. The molecular formula is C41H44O6Zn. The normalized spacial score (nSPS) is 9.94. The van der Waals surface area contributed by atoms with Crippen molar-refractivity contribution >= 4 is 47.0 Å². The third-order valence-electron chi connectivity index (χ3n) is 6.60. The summed E-state index contributed by atoms with van der Waals surface area (Å²) in [4.78, 5) is 19.0. The smallest absolute Gasteiger partial charge is 0.545 e. The molecule has 5 rings (SSSR count). The van der Waals surface area contributed by atoms with Crippen LogP contribution in [0, 0.1) is 0 Å². The average Bonchev–Trinajstić information content (AvgIpc) is 3.48. The zero-order chi connectivity index (χ0) is 35.6. The average molecular weight is 698 g/mol. The van der Waals surface area contributed by atoms with Crippen LogP contribution in [0.4, 0.5) is 0 Å². The molecule has 0 bridgehead atoms. The zero-order valence-corrected chi connectivity index (χ0v) is 31.6. The molecule has 6 nitrogen and oxygen atoms in total. The SMILES string of the molecule is C1=Cc2cccc3cccc1c23.C=C(C)C(=O)[O-].C=C(C)C(=O)[O-].C=Cc1ccc(O)cc1.C=Cc1ccc(OC(C)(C)CC)cc1.[Zn+2]. The number of benzene rings is 4. The van der Waals surface area contributed by atoms with Crippen molar-refractivity contribution in [2.45, 2.75) is 46.6 Å². The number of hydrogen-bond donors (Lipinski definition) is 1. The molecular weight excluding hydrogens is 654 g/mol. The molecule has 1 aliphatic carbocycles. The third kappa shape index (κ3) is 16.0. The third-order valence-corrected chi connectivity index (χ3v) is 6.60. The molecule has 0 saturated heterocycles. The molecule has 0 spiro atoms. The van der Waals surface area contributed by atoms with E-state index >= 15 is 0 Å². The van der Waals surface area contributed by atoms with Crippen molar-refractivity contribution in [2.75, 3.05) is 0 Å². The topological polar surface area (TPSA) is 110 Å². The molecule has 7 heteroatoms. The minimum absolute atomic E-state index is 0. The van der Waals surface area contributed by atoms with Gasteiger partial charge in [-0.15, -0.1) is 0 Å². The summed E-state index contributed by atoms with van der Waals surface area (Å²) in [6.45, 7) is 22.5. The number of rotatable bonds is 7. The van der Waals surface area contributed by atoms with Gasteiger partial charge in [0.05, 0.1) is 11.9 Å². The molecule has 0 aromatic heterocycles. The van der Waals surface area contributed by atoms with E-state index in [0.717, 1.165) is 23.3 Å². The van der Waals surface area contributed by atoms with Gasteiger partial charge in [0.2, 0.25) is 0 Å². The number of hydrogen-bond acceptors (Lipinski definition) is 6. The first-order valence-electron chi connectivity index (χ1n) is 14.9. The Kier molecular flexibility index (Phi) is 19.5. The van der Waals surface area contributed by atoms with E-state index in [2.05, 4.69) is 95.6 Å². The van der Waals surface area contributed by atoms with Crippen LogP contribution in [0.3, 0.4) is 0 Å². The van der Waals surface area contributed by atoms with E-state index in [1.165, 1.54) is 35.7 Å². The van der Waals surface area contributed by atoms with Crippen molar-refractivity contribution in [2.24, 2.45) is 0 Å². The molecule has 1 N–H and O–H groups in total. The predicted molar refractivity (Wildman–Crippen MR) is 192 cm³/mol. The number of carbonyl (C=O) groups excluding carboxylic acids is 2. The van der Waals surface area contributed by atoms with Gasteiger partial charge < -0.3 is 29.6 Å². The van der Waals surface area contributed by atoms with Crippen molar-refractivity contribution in [1.82, 2.24) is 0 Å². The van der Waals surface area contributed by atoms with Gasteiger partial charge in [-0.25, -0.2) is 0 Å². The summed E-state index contributed by atoms with van der Waals surface area (Å²) in [6.07, 6.45) is 8.92. The number of phenols is 1. The van der Waals surface area contributed by atoms with Crippen LogP contribution in [0.5, 0.6) is 11.5 Å². The quantitative estimate of drug-likeness (QED) is 0.137.